The molecule has 0 aromatic heterocycles. The first kappa shape index (κ1) is 24.5. The molecular formula is C23H28N4O5. The van der Waals surface area contributed by atoms with Crippen molar-refractivity contribution in [2.24, 2.45) is 5.10 Å². The van der Waals surface area contributed by atoms with Crippen LogP contribution in [-0.2, 0) is 25.5 Å². The molecule has 0 atom stereocenters. The maximum absolute atomic E-state index is 11.9. The van der Waals surface area contributed by atoms with E-state index in [0.29, 0.717) is 37.4 Å². The minimum absolute atomic E-state index is 0.0855. The fraction of sp³-hybridized carbons (Fsp3) is 0.304. The van der Waals surface area contributed by atoms with Crippen LogP contribution >= 0.6 is 0 Å². The van der Waals surface area contributed by atoms with E-state index in [1.54, 1.807) is 31.4 Å². The second-order valence-electron chi connectivity index (χ2n) is 6.74. The van der Waals surface area contributed by atoms with Gasteiger partial charge in [0.25, 0.3) is 5.91 Å². The number of amides is 3. The molecule has 0 bridgehead atoms. The lowest BCUT2D eigenvalue weighted by Crippen LogP contribution is -2.38. The molecule has 9 heteroatoms. The Hall–Kier alpha value is -3.72. The zero-order chi connectivity index (χ0) is 23.0. The van der Waals surface area contributed by atoms with Crippen LogP contribution in [0.15, 0.2) is 59.7 Å². The third-order valence-corrected chi connectivity index (χ3v) is 4.23. The van der Waals surface area contributed by atoms with E-state index in [4.69, 9.17) is 9.47 Å². The van der Waals surface area contributed by atoms with Crippen LogP contribution in [0, 0.1) is 0 Å². The molecule has 0 saturated carbocycles. The molecule has 0 fully saturated rings. The van der Waals surface area contributed by atoms with E-state index in [-0.39, 0.29) is 12.5 Å². The van der Waals surface area contributed by atoms with Gasteiger partial charge in [-0.3, -0.25) is 14.4 Å². The molecule has 0 saturated heterocycles. The molecule has 32 heavy (non-hydrogen) atoms. The van der Waals surface area contributed by atoms with Gasteiger partial charge in [-0.05, 0) is 48.2 Å². The molecule has 0 heterocycles. The summed E-state index contributed by atoms with van der Waals surface area (Å²) in [6.07, 6.45) is 2.77. The van der Waals surface area contributed by atoms with E-state index >= 15 is 0 Å². The van der Waals surface area contributed by atoms with Crippen LogP contribution in [0.3, 0.4) is 0 Å². The summed E-state index contributed by atoms with van der Waals surface area (Å²) in [5, 5.41) is 9.03. The number of rotatable bonds is 12. The van der Waals surface area contributed by atoms with Gasteiger partial charge in [0.05, 0.1) is 6.21 Å². The van der Waals surface area contributed by atoms with Crippen molar-refractivity contribution in [3.63, 3.8) is 0 Å². The SMILES string of the molecule is COCCCNC(=O)C(=O)N/N=C\c1ccc(OCC(=O)NCCc2ccccc2)cc1. The Morgan fingerprint density at radius 1 is 0.938 bits per heavy atom. The monoisotopic (exact) mass is 440 g/mol. The molecule has 0 unspecified atom stereocenters. The van der Waals surface area contributed by atoms with Crippen LogP contribution in [-0.4, -0.2) is 57.3 Å². The predicted octanol–water partition coefficient (Wildman–Crippen LogP) is 1.03. The Morgan fingerprint density at radius 2 is 1.69 bits per heavy atom. The number of nitrogens with one attached hydrogen (secondary N) is 3. The Labute approximate surface area is 187 Å². The minimum atomic E-state index is -0.850. The van der Waals surface area contributed by atoms with Crippen molar-refractivity contribution in [1.29, 1.82) is 0 Å². The van der Waals surface area contributed by atoms with Crippen molar-refractivity contribution in [1.82, 2.24) is 16.1 Å². The van der Waals surface area contributed by atoms with Crippen LogP contribution in [0.1, 0.15) is 17.5 Å². The number of methoxy groups -OCH3 is 1. The summed E-state index contributed by atoms with van der Waals surface area (Å²) in [6, 6.07) is 16.7. The number of hydrazone groups is 1. The van der Waals surface area contributed by atoms with Crippen molar-refractivity contribution in [2.75, 3.05) is 33.4 Å². The van der Waals surface area contributed by atoms with Gasteiger partial charge in [-0.15, -0.1) is 0 Å². The van der Waals surface area contributed by atoms with Crippen LogP contribution in [0.25, 0.3) is 0 Å². The van der Waals surface area contributed by atoms with E-state index in [1.807, 2.05) is 30.3 Å². The molecule has 2 aromatic carbocycles. The van der Waals surface area contributed by atoms with E-state index in [0.717, 1.165) is 12.0 Å². The van der Waals surface area contributed by atoms with Crippen molar-refractivity contribution < 1.29 is 23.9 Å². The molecule has 2 rings (SSSR count). The first-order valence-electron chi connectivity index (χ1n) is 10.2. The molecule has 0 spiro atoms. The molecule has 170 valence electrons. The Kier molecular flexibility index (Phi) is 11.0. The Bertz CT molecular complexity index is 885. The van der Waals surface area contributed by atoms with Crippen molar-refractivity contribution in [2.45, 2.75) is 12.8 Å². The number of carbonyl (C=O) groups excluding carboxylic acids is 3. The van der Waals surface area contributed by atoms with Crippen molar-refractivity contribution in [3.8, 4) is 5.75 Å². The largest absolute Gasteiger partial charge is 0.484 e. The lowest BCUT2D eigenvalue weighted by atomic mass is 10.1. The minimum Gasteiger partial charge on any atom is -0.484 e. The van der Waals surface area contributed by atoms with Crippen LogP contribution < -0.4 is 20.8 Å². The maximum atomic E-state index is 11.9. The molecule has 0 aliphatic carbocycles. The van der Waals surface area contributed by atoms with Crippen LogP contribution in [0.2, 0.25) is 0 Å². The third kappa shape index (κ3) is 9.86. The highest BCUT2D eigenvalue weighted by Crippen LogP contribution is 2.10. The molecule has 0 radical (unpaired) electrons. The number of nitrogens with zero attached hydrogens (tertiary/aromatic N) is 1. The second kappa shape index (κ2) is 14.3. The Balaban J connectivity index is 1.65. The number of ether oxygens (including phenoxy) is 2. The van der Waals surface area contributed by atoms with Gasteiger partial charge in [0.2, 0.25) is 0 Å². The highest BCUT2D eigenvalue weighted by molar-refractivity contribution is 6.35. The average Bonchev–Trinajstić information content (AvgIpc) is 2.82. The summed E-state index contributed by atoms with van der Waals surface area (Å²) < 4.78 is 10.3. The first-order valence-corrected chi connectivity index (χ1v) is 10.2. The summed E-state index contributed by atoms with van der Waals surface area (Å²) in [5.41, 5.74) is 4.00. The van der Waals surface area contributed by atoms with Gasteiger partial charge in [-0.25, -0.2) is 5.43 Å². The number of hydrogen-bond acceptors (Lipinski definition) is 6. The van der Waals surface area contributed by atoms with Gasteiger partial charge in [0, 0.05) is 26.8 Å². The summed E-state index contributed by atoms with van der Waals surface area (Å²) >= 11 is 0. The Morgan fingerprint density at radius 3 is 2.41 bits per heavy atom. The van der Waals surface area contributed by atoms with Gasteiger partial charge in [-0.2, -0.15) is 5.10 Å². The molecule has 3 N–H and O–H groups in total. The smallest absolute Gasteiger partial charge is 0.329 e. The summed E-state index contributed by atoms with van der Waals surface area (Å²) in [6.45, 7) is 1.30. The third-order valence-electron chi connectivity index (χ3n) is 4.23. The van der Waals surface area contributed by atoms with Gasteiger partial charge < -0.3 is 20.1 Å². The van der Waals surface area contributed by atoms with Crippen LogP contribution in [0.5, 0.6) is 5.75 Å². The molecule has 9 nitrogen and oxygen atoms in total. The highest BCUT2D eigenvalue weighted by atomic mass is 16.5. The zero-order valence-corrected chi connectivity index (χ0v) is 18.0. The summed E-state index contributed by atoms with van der Waals surface area (Å²) in [5.74, 6) is -1.28. The fourth-order valence-corrected chi connectivity index (χ4v) is 2.56. The number of carbonyl (C=O) groups is 3. The zero-order valence-electron chi connectivity index (χ0n) is 18.0. The predicted molar refractivity (Wildman–Crippen MR) is 120 cm³/mol. The number of hydrogen-bond donors (Lipinski definition) is 3. The molecule has 2 aromatic rings. The van der Waals surface area contributed by atoms with E-state index in [2.05, 4.69) is 21.2 Å². The van der Waals surface area contributed by atoms with Gasteiger partial charge in [0.1, 0.15) is 5.75 Å². The van der Waals surface area contributed by atoms with E-state index in [9.17, 15) is 14.4 Å². The first-order chi connectivity index (χ1) is 15.6. The molecule has 0 aliphatic heterocycles. The average molecular weight is 441 g/mol. The van der Waals surface area contributed by atoms with Gasteiger partial charge in [-0.1, -0.05) is 30.3 Å². The van der Waals surface area contributed by atoms with Gasteiger partial charge >= 0.3 is 11.8 Å². The fourth-order valence-electron chi connectivity index (χ4n) is 2.56. The molecular weight excluding hydrogens is 412 g/mol. The highest BCUT2D eigenvalue weighted by Gasteiger charge is 2.11. The van der Waals surface area contributed by atoms with E-state index < -0.39 is 11.8 Å². The lowest BCUT2D eigenvalue weighted by Gasteiger charge is -2.08. The molecule has 0 aliphatic rings. The second-order valence-corrected chi connectivity index (χ2v) is 6.74. The standard InChI is InChI=1S/C23H28N4O5/c1-31-15-5-13-25-22(29)23(30)27-26-16-19-8-10-20(11-9-19)32-17-21(28)24-14-12-18-6-3-2-4-7-18/h2-4,6-11,16H,5,12-15,17H2,1H3,(H,24,28)(H,25,29)(H,27,30)/b26-16-. The summed E-state index contributed by atoms with van der Waals surface area (Å²) in [7, 11) is 1.56. The lowest BCUT2D eigenvalue weighted by molar-refractivity contribution is -0.139. The van der Waals surface area contributed by atoms with Crippen molar-refractivity contribution in [3.05, 3.63) is 65.7 Å². The number of benzene rings is 2. The van der Waals surface area contributed by atoms with Crippen LogP contribution in [0.4, 0.5) is 0 Å². The summed E-state index contributed by atoms with van der Waals surface area (Å²) in [4.78, 5) is 35.1. The normalized spacial score (nSPS) is 10.5. The quantitative estimate of drug-likeness (QED) is 0.197. The molecule has 3 amide bonds. The van der Waals surface area contributed by atoms with Crippen molar-refractivity contribution >= 4 is 23.9 Å². The van der Waals surface area contributed by atoms with Gasteiger partial charge in [0.15, 0.2) is 6.61 Å². The topological polar surface area (TPSA) is 118 Å². The van der Waals surface area contributed by atoms with E-state index in [1.165, 1.54) is 6.21 Å². The maximum Gasteiger partial charge on any atom is 0.329 e.